The minimum atomic E-state index is -0.233. The SMILES string of the molecule is C#Cc1nccc2ccc(CC(=O)OCC)cc12. The number of nitrogens with zero attached hydrogens (tertiary/aromatic N) is 1. The molecule has 0 fully saturated rings. The van der Waals surface area contributed by atoms with E-state index in [0.29, 0.717) is 12.3 Å². The molecule has 18 heavy (non-hydrogen) atoms. The van der Waals surface area contributed by atoms with Gasteiger partial charge in [0.25, 0.3) is 0 Å². The number of fused-ring (bicyclic) bond motifs is 1. The molecule has 0 aliphatic heterocycles. The van der Waals surface area contributed by atoms with Gasteiger partial charge in [0.05, 0.1) is 13.0 Å². The molecule has 0 amide bonds. The van der Waals surface area contributed by atoms with E-state index in [1.54, 1.807) is 13.1 Å². The minimum Gasteiger partial charge on any atom is -0.466 e. The van der Waals surface area contributed by atoms with Gasteiger partial charge in [-0.1, -0.05) is 12.1 Å². The van der Waals surface area contributed by atoms with Crippen LogP contribution in [-0.4, -0.2) is 17.6 Å². The van der Waals surface area contributed by atoms with Crippen molar-refractivity contribution in [1.82, 2.24) is 4.98 Å². The average molecular weight is 239 g/mol. The molecule has 0 N–H and O–H groups in total. The third-order valence-electron chi connectivity index (χ3n) is 2.62. The molecule has 1 aromatic carbocycles. The van der Waals surface area contributed by atoms with E-state index in [9.17, 15) is 4.79 Å². The number of carbonyl (C=O) groups is 1. The van der Waals surface area contributed by atoms with Gasteiger partial charge in [-0.15, -0.1) is 6.42 Å². The Hall–Kier alpha value is -2.34. The summed E-state index contributed by atoms with van der Waals surface area (Å²) in [6, 6.07) is 7.63. The maximum absolute atomic E-state index is 11.4. The first-order valence-corrected chi connectivity index (χ1v) is 5.74. The minimum absolute atomic E-state index is 0.233. The van der Waals surface area contributed by atoms with Crippen LogP contribution in [0.2, 0.25) is 0 Å². The average Bonchev–Trinajstić information content (AvgIpc) is 2.38. The van der Waals surface area contributed by atoms with Gasteiger partial charge in [0, 0.05) is 11.6 Å². The van der Waals surface area contributed by atoms with E-state index >= 15 is 0 Å². The van der Waals surface area contributed by atoms with Crippen LogP contribution in [0.4, 0.5) is 0 Å². The van der Waals surface area contributed by atoms with Crippen LogP contribution in [0.25, 0.3) is 10.8 Å². The van der Waals surface area contributed by atoms with E-state index < -0.39 is 0 Å². The fourth-order valence-electron chi connectivity index (χ4n) is 1.82. The Balaban J connectivity index is 2.38. The number of ether oxygens (including phenoxy) is 1. The van der Waals surface area contributed by atoms with Crippen LogP contribution in [0.5, 0.6) is 0 Å². The summed E-state index contributed by atoms with van der Waals surface area (Å²) in [6.07, 6.45) is 7.35. The lowest BCUT2D eigenvalue weighted by molar-refractivity contribution is -0.142. The summed E-state index contributed by atoms with van der Waals surface area (Å²) in [5.74, 6) is 2.32. The van der Waals surface area contributed by atoms with Crippen LogP contribution in [0.1, 0.15) is 18.2 Å². The molecule has 0 unspecified atom stereocenters. The maximum atomic E-state index is 11.4. The van der Waals surface area contributed by atoms with E-state index in [-0.39, 0.29) is 12.4 Å². The third kappa shape index (κ3) is 2.49. The molecule has 0 spiro atoms. The van der Waals surface area contributed by atoms with Gasteiger partial charge in [-0.05, 0) is 35.9 Å². The summed E-state index contributed by atoms with van der Waals surface area (Å²) < 4.78 is 4.92. The molecule has 90 valence electrons. The molecule has 2 rings (SSSR count). The Kier molecular flexibility index (Phi) is 3.59. The third-order valence-corrected chi connectivity index (χ3v) is 2.62. The van der Waals surface area contributed by atoms with Crippen LogP contribution in [0.3, 0.4) is 0 Å². The largest absolute Gasteiger partial charge is 0.466 e. The number of hydrogen-bond donors (Lipinski definition) is 0. The molecule has 0 bridgehead atoms. The Morgan fingerprint density at radius 3 is 3.00 bits per heavy atom. The van der Waals surface area contributed by atoms with Crippen LogP contribution >= 0.6 is 0 Å². The monoisotopic (exact) mass is 239 g/mol. The highest BCUT2D eigenvalue weighted by molar-refractivity contribution is 5.88. The quantitative estimate of drug-likeness (QED) is 0.609. The van der Waals surface area contributed by atoms with Gasteiger partial charge in [0.2, 0.25) is 0 Å². The highest BCUT2D eigenvalue weighted by atomic mass is 16.5. The van der Waals surface area contributed by atoms with Crippen molar-refractivity contribution in [3.05, 3.63) is 41.7 Å². The second-order valence-corrected chi connectivity index (χ2v) is 3.84. The van der Waals surface area contributed by atoms with Gasteiger partial charge in [0.1, 0.15) is 5.69 Å². The normalized spacial score (nSPS) is 10.0. The number of rotatable bonds is 3. The highest BCUT2D eigenvalue weighted by Crippen LogP contribution is 2.18. The molecule has 3 nitrogen and oxygen atoms in total. The van der Waals surface area contributed by atoms with Crippen LogP contribution in [0.15, 0.2) is 30.5 Å². The van der Waals surface area contributed by atoms with Crippen molar-refractivity contribution in [2.75, 3.05) is 6.61 Å². The Labute approximate surface area is 106 Å². The van der Waals surface area contributed by atoms with Crippen LogP contribution in [-0.2, 0) is 16.0 Å². The Bertz CT molecular complexity index is 626. The second-order valence-electron chi connectivity index (χ2n) is 3.84. The molecule has 0 atom stereocenters. The predicted molar refractivity (Wildman–Crippen MR) is 70.0 cm³/mol. The number of esters is 1. The zero-order valence-electron chi connectivity index (χ0n) is 10.1. The van der Waals surface area contributed by atoms with Crippen molar-refractivity contribution >= 4 is 16.7 Å². The molecule has 3 heteroatoms. The van der Waals surface area contributed by atoms with Crippen molar-refractivity contribution in [3.63, 3.8) is 0 Å². The van der Waals surface area contributed by atoms with Crippen LogP contribution < -0.4 is 0 Å². The zero-order valence-corrected chi connectivity index (χ0v) is 10.1. The molecule has 2 aromatic rings. The van der Waals surface area contributed by atoms with Gasteiger partial charge in [-0.2, -0.15) is 0 Å². The van der Waals surface area contributed by atoms with Gasteiger partial charge in [-0.3, -0.25) is 4.79 Å². The predicted octanol–water partition coefficient (Wildman–Crippen LogP) is 2.32. The van der Waals surface area contributed by atoms with Gasteiger partial charge in [-0.25, -0.2) is 4.98 Å². The lowest BCUT2D eigenvalue weighted by Crippen LogP contribution is -2.07. The first kappa shape index (κ1) is 12.1. The van der Waals surface area contributed by atoms with Gasteiger partial charge < -0.3 is 4.74 Å². The van der Waals surface area contributed by atoms with Crippen molar-refractivity contribution in [2.45, 2.75) is 13.3 Å². The molecule has 0 aliphatic carbocycles. The lowest BCUT2D eigenvalue weighted by atomic mass is 10.0. The number of terminal acetylenes is 1. The number of carbonyl (C=O) groups excluding carboxylic acids is 1. The Morgan fingerprint density at radius 1 is 1.44 bits per heavy atom. The number of pyridine rings is 1. The molecular weight excluding hydrogens is 226 g/mol. The summed E-state index contributed by atoms with van der Waals surface area (Å²) >= 11 is 0. The van der Waals surface area contributed by atoms with Crippen molar-refractivity contribution in [3.8, 4) is 12.3 Å². The molecule has 0 radical (unpaired) electrons. The van der Waals surface area contributed by atoms with E-state index in [0.717, 1.165) is 16.3 Å². The van der Waals surface area contributed by atoms with E-state index in [1.807, 2.05) is 24.3 Å². The summed E-state index contributed by atoms with van der Waals surface area (Å²) in [7, 11) is 0. The smallest absolute Gasteiger partial charge is 0.310 e. The van der Waals surface area contributed by atoms with Crippen LogP contribution in [0, 0.1) is 12.3 Å². The standard InChI is InChI=1S/C15H13NO2/c1-3-14-13-9-11(10-15(17)18-4-2)5-6-12(13)7-8-16-14/h1,5-9H,4,10H2,2H3. The molecule has 0 saturated heterocycles. The van der Waals surface area contributed by atoms with E-state index in [1.165, 1.54) is 0 Å². The zero-order chi connectivity index (χ0) is 13.0. The lowest BCUT2D eigenvalue weighted by Gasteiger charge is -2.05. The fraction of sp³-hybridized carbons (Fsp3) is 0.200. The van der Waals surface area contributed by atoms with Crippen molar-refractivity contribution in [2.24, 2.45) is 0 Å². The number of hydrogen-bond acceptors (Lipinski definition) is 3. The van der Waals surface area contributed by atoms with Gasteiger partial charge in [0.15, 0.2) is 0 Å². The maximum Gasteiger partial charge on any atom is 0.310 e. The summed E-state index contributed by atoms with van der Waals surface area (Å²) in [5, 5.41) is 1.91. The van der Waals surface area contributed by atoms with Crippen molar-refractivity contribution in [1.29, 1.82) is 0 Å². The molecule has 1 aromatic heterocycles. The topological polar surface area (TPSA) is 39.2 Å². The molecule has 1 heterocycles. The van der Waals surface area contributed by atoms with E-state index in [4.69, 9.17) is 11.2 Å². The summed E-state index contributed by atoms with van der Waals surface area (Å²) in [6.45, 7) is 2.18. The second kappa shape index (κ2) is 5.33. The number of aromatic nitrogens is 1. The molecule has 0 aliphatic rings. The first-order valence-electron chi connectivity index (χ1n) is 5.74. The fourth-order valence-corrected chi connectivity index (χ4v) is 1.82. The van der Waals surface area contributed by atoms with E-state index in [2.05, 4.69) is 10.9 Å². The summed E-state index contributed by atoms with van der Waals surface area (Å²) in [5.41, 5.74) is 1.48. The summed E-state index contributed by atoms with van der Waals surface area (Å²) in [4.78, 5) is 15.6. The first-order chi connectivity index (χ1) is 8.74. The molecule has 0 saturated carbocycles. The Morgan fingerprint density at radius 2 is 2.28 bits per heavy atom. The highest BCUT2D eigenvalue weighted by Gasteiger charge is 2.06. The molecular formula is C15H13NO2. The number of benzene rings is 1. The van der Waals surface area contributed by atoms with Gasteiger partial charge >= 0.3 is 5.97 Å². The van der Waals surface area contributed by atoms with Crippen molar-refractivity contribution < 1.29 is 9.53 Å².